The summed E-state index contributed by atoms with van der Waals surface area (Å²) in [5, 5.41) is 0. The molecule has 1 atom stereocenters. The Bertz CT molecular complexity index is 873. The van der Waals surface area contributed by atoms with Crippen LogP contribution in [0.3, 0.4) is 0 Å². The molecule has 5 nitrogen and oxygen atoms in total. The minimum Gasteiger partial charge on any atom is -0.371 e. The predicted molar refractivity (Wildman–Crippen MR) is 94.4 cm³/mol. The molecule has 1 N–H and O–H groups in total. The van der Waals surface area contributed by atoms with Crippen molar-refractivity contribution in [2.45, 2.75) is 17.9 Å². The summed E-state index contributed by atoms with van der Waals surface area (Å²) in [5.74, 6) is -1.97. The van der Waals surface area contributed by atoms with E-state index in [0.717, 1.165) is 37.3 Å². The molecule has 0 aromatic heterocycles. The lowest BCUT2D eigenvalue weighted by molar-refractivity contribution is -0.0281. The molecule has 0 bridgehead atoms. The molecule has 1 fully saturated rings. The Hall–Kier alpha value is -2.03. The zero-order valence-corrected chi connectivity index (χ0v) is 15.1. The summed E-state index contributed by atoms with van der Waals surface area (Å²) in [5.41, 5.74) is 1.24. The maximum atomic E-state index is 13.7. The van der Waals surface area contributed by atoms with Crippen LogP contribution in [0, 0.1) is 11.6 Å². The second-order valence-corrected chi connectivity index (χ2v) is 7.71. The molecule has 3 rings (SSSR count). The third-order valence-corrected chi connectivity index (χ3v) is 5.73. The van der Waals surface area contributed by atoms with Crippen LogP contribution in [-0.2, 0) is 14.8 Å². The van der Waals surface area contributed by atoms with Gasteiger partial charge in [0.15, 0.2) is 0 Å². The maximum absolute atomic E-state index is 13.7. The van der Waals surface area contributed by atoms with E-state index in [1.807, 2.05) is 0 Å². The lowest BCUT2D eigenvalue weighted by atomic mass is 10.1. The van der Waals surface area contributed by atoms with Crippen LogP contribution in [0.15, 0.2) is 47.4 Å². The van der Waals surface area contributed by atoms with Gasteiger partial charge in [-0.15, -0.1) is 0 Å². The van der Waals surface area contributed by atoms with E-state index in [-0.39, 0.29) is 6.10 Å². The number of nitrogens with one attached hydrogen (secondary N) is 1. The van der Waals surface area contributed by atoms with Gasteiger partial charge in [0.25, 0.3) is 10.0 Å². The fourth-order valence-corrected chi connectivity index (χ4v) is 3.98. The molecule has 0 amide bonds. The zero-order valence-electron chi connectivity index (χ0n) is 14.3. The first kappa shape index (κ1) is 18.8. The SMILES string of the molecule is CCN1CCOC(c2ccc(NS(=O)(=O)c3ccc(F)cc3F)cc2)C1. The number of halogens is 2. The lowest BCUT2D eigenvalue weighted by Crippen LogP contribution is -2.38. The van der Waals surface area contributed by atoms with Crippen molar-refractivity contribution >= 4 is 15.7 Å². The van der Waals surface area contributed by atoms with E-state index >= 15 is 0 Å². The van der Waals surface area contributed by atoms with Crippen LogP contribution in [0.5, 0.6) is 0 Å². The number of likely N-dealkylation sites (N-methyl/N-ethyl adjacent to an activating group) is 1. The third-order valence-electron chi connectivity index (χ3n) is 4.32. The summed E-state index contributed by atoms with van der Waals surface area (Å²) < 4.78 is 59.4. The van der Waals surface area contributed by atoms with Gasteiger partial charge in [0.05, 0.1) is 12.7 Å². The molecular formula is C18H20F2N2O3S. The second kappa shape index (κ2) is 7.69. The van der Waals surface area contributed by atoms with Crippen LogP contribution in [0.2, 0.25) is 0 Å². The smallest absolute Gasteiger partial charge is 0.264 e. The molecule has 0 aliphatic carbocycles. The fraction of sp³-hybridized carbons (Fsp3) is 0.333. The van der Waals surface area contributed by atoms with Crippen molar-refractivity contribution in [2.75, 3.05) is 31.0 Å². The average Bonchev–Trinajstić information content (AvgIpc) is 2.61. The van der Waals surface area contributed by atoms with Crippen molar-refractivity contribution < 1.29 is 21.9 Å². The zero-order chi connectivity index (χ0) is 18.7. The van der Waals surface area contributed by atoms with Crippen molar-refractivity contribution in [3.05, 3.63) is 59.7 Å². The molecule has 0 radical (unpaired) electrons. The number of hydrogen-bond acceptors (Lipinski definition) is 4. The molecule has 0 saturated carbocycles. The van der Waals surface area contributed by atoms with Crippen molar-refractivity contribution in [1.82, 2.24) is 4.90 Å². The third kappa shape index (κ3) is 4.20. The predicted octanol–water partition coefficient (Wildman–Crippen LogP) is 3.16. The molecule has 1 aliphatic heterocycles. The lowest BCUT2D eigenvalue weighted by Gasteiger charge is -2.32. The van der Waals surface area contributed by atoms with Crippen LogP contribution in [0.4, 0.5) is 14.5 Å². The molecule has 2 aromatic carbocycles. The standard InChI is InChI=1S/C18H20F2N2O3S/c1-2-22-9-10-25-17(12-22)13-3-6-15(7-4-13)21-26(23,24)18-8-5-14(19)11-16(18)20/h3-8,11,17,21H,2,9-10,12H2,1H3. The summed E-state index contributed by atoms with van der Waals surface area (Å²) in [6.45, 7) is 5.36. The van der Waals surface area contributed by atoms with E-state index < -0.39 is 26.6 Å². The molecule has 1 heterocycles. The summed E-state index contributed by atoms with van der Waals surface area (Å²) >= 11 is 0. The highest BCUT2D eigenvalue weighted by molar-refractivity contribution is 7.92. The summed E-state index contributed by atoms with van der Waals surface area (Å²) in [6, 6.07) is 9.10. The molecule has 1 aliphatic rings. The summed E-state index contributed by atoms with van der Waals surface area (Å²) in [4.78, 5) is 1.68. The summed E-state index contributed by atoms with van der Waals surface area (Å²) in [6.07, 6.45) is -0.0658. The highest BCUT2D eigenvalue weighted by Crippen LogP contribution is 2.25. The fourth-order valence-electron chi connectivity index (χ4n) is 2.86. The van der Waals surface area contributed by atoms with E-state index in [0.29, 0.717) is 18.4 Å². The highest BCUT2D eigenvalue weighted by Gasteiger charge is 2.22. The van der Waals surface area contributed by atoms with Gasteiger partial charge in [-0.3, -0.25) is 9.62 Å². The first-order valence-electron chi connectivity index (χ1n) is 8.31. The van der Waals surface area contributed by atoms with Gasteiger partial charge in [-0.05, 0) is 36.4 Å². The molecule has 8 heteroatoms. The number of hydrogen-bond donors (Lipinski definition) is 1. The normalized spacial score (nSPS) is 18.7. The Morgan fingerprint density at radius 2 is 1.92 bits per heavy atom. The number of benzene rings is 2. The Morgan fingerprint density at radius 1 is 1.19 bits per heavy atom. The van der Waals surface area contributed by atoms with Crippen LogP contribution in [0.25, 0.3) is 0 Å². The van der Waals surface area contributed by atoms with Crippen molar-refractivity contribution in [1.29, 1.82) is 0 Å². The Balaban J connectivity index is 1.74. The quantitative estimate of drug-likeness (QED) is 0.863. The molecule has 1 unspecified atom stereocenters. The highest BCUT2D eigenvalue weighted by atomic mass is 32.2. The van der Waals surface area contributed by atoms with Crippen LogP contribution >= 0.6 is 0 Å². The van der Waals surface area contributed by atoms with Gasteiger partial charge in [-0.1, -0.05) is 19.1 Å². The second-order valence-electron chi connectivity index (χ2n) is 6.05. The van der Waals surface area contributed by atoms with Gasteiger partial charge < -0.3 is 4.74 Å². The van der Waals surface area contributed by atoms with E-state index in [2.05, 4.69) is 16.5 Å². The first-order chi connectivity index (χ1) is 12.4. The number of anilines is 1. The van der Waals surface area contributed by atoms with Gasteiger partial charge >= 0.3 is 0 Å². The minimum absolute atomic E-state index is 0.0658. The maximum Gasteiger partial charge on any atom is 0.264 e. The van der Waals surface area contributed by atoms with Crippen molar-refractivity contribution in [3.63, 3.8) is 0 Å². The van der Waals surface area contributed by atoms with Crippen LogP contribution < -0.4 is 4.72 Å². The van der Waals surface area contributed by atoms with Gasteiger partial charge in [-0.2, -0.15) is 0 Å². The number of ether oxygens (including phenoxy) is 1. The number of morpholine rings is 1. The first-order valence-corrected chi connectivity index (χ1v) is 9.79. The molecule has 26 heavy (non-hydrogen) atoms. The van der Waals surface area contributed by atoms with Gasteiger partial charge in [0.2, 0.25) is 0 Å². The molecule has 0 spiro atoms. The molecule has 2 aromatic rings. The number of sulfonamides is 1. The minimum atomic E-state index is -4.14. The Morgan fingerprint density at radius 3 is 2.58 bits per heavy atom. The Labute approximate surface area is 151 Å². The largest absolute Gasteiger partial charge is 0.371 e. The average molecular weight is 382 g/mol. The van der Waals surface area contributed by atoms with Gasteiger partial charge in [-0.25, -0.2) is 17.2 Å². The van der Waals surface area contributed by atoms with E-state index in [1.165, 1.54) is 0 Å². The van der Waals surface area contributed by atoms with Gasteiger partial charge in [0, 0.05) is 24.8 Å². The van der Waals surface area contributed by atoms with Crippen LogP contribution in [-0.4, -0.2) is 39.6 Å². The number of nitrogens with zero attached hydrogens (tertiary/aromatic N) is 1. The Kier molecular flexibility index (Phi) is 5.55. The molecular weight excluding hydrogens is 362 g/mol. The van der Waals surface area contributed by atoms with E-state index in [4.69, 9.17) is 4.74 Å². The topological polar surface area (TPSA) is 58.6 Å². The van der Waals surface area contributed by atoms with E-state index in [1.54, 1.807) is 24.3 Å². The van der Waals surface area contributed by atoms with Crippen molar-refractivity contribution in [3.8, 4) is 0 Å². The monoisotopic (exact) mass is 382 g/mol. The molecule has 140 valence electrons. The van der Waals surface area contributed by atoms with Gasteiger partial charge in [0.1, 0.15) is 16.5 Å². The van der Waals surface area contributed by atoms with Crippen LogP contribution in [0.1, 0.15) is 18.6 Å². The number of rotatable bonds is 5. The van der Waals surface area contributed by atoms with E-state index in [9.17, 15) is 17.2 Å². The summed E-state index contributed by atoms with van der Waals surface area (Å²) in [7, 11) is -4.14. The van der Waals surface area contributed by atoms with Crippen molar-refractivity contribution in [2.24, 2.45) is 0 Å². The molecule has 1 saturated heterocycles.